The Morgan fingerprint density at radius 3 is 2.19 bits per heavy atom. The molecule has 0 radical (unpaired) electrons. The van der Waals surface area contributed by atoms with Crippen molar-refractivity contribution >= 4 is 5.91 Å². The molecule has 174 valence electrons. The monoisotopic (exact) mass is 440 g/mol. The van der Waals surface area contributed by atoms with Crippen LogP contribution in [0.1, 0.15) is 31.9 Å². The van der Waals surface area contributed by atoms with E-state index in [1.165, 1.54) is 0 Å². The van der Waals surface area contributed by atoms with Crippen molar-refractivity contribution in [3.8, 4) is 0 Å². The summed E-state index contributed by atoms with van der Waals surface area (Å²) >= 11 is 0. The summed E-state index contributed by atoms with van der Waals surface area (Å²) in [5.74, 6) is 0.318. The van der Waals surface area contributed by atoms with Gasteiger partial charge in [-0.2, -0.15) is 0 Å². The summed E-state index contributed by atoms with van der Waals surface area (Å²) in [4.78, 5) is 12.4. The van der Waals surface area contributed by atoms with Crippen molar-refractivity contribution in [2.45, 2.75) is 52.4 Å². The predicted octanol–water partition coefficient (Wildman–Crippen LogP) is 3.51. The van der Waals surface area contributed by atoms with Crippen LogP contribution in [0.4, 0.5) is 0 Å². The van der Waals surface area contributed by atoms with E-state index in [0.29, 0.717) is 19.8 Å². The highest BCUT2D eigenvalue weighted by atomic mass is 16.7. The van der Waals surface area contributed by atoms with Crippen LogP contribution in [0.5, 0.6) is 0 Å². The predicted molar refractivity (Wildman–Crippen MR) is 125 cm³/mol. The van der Waals surface area contributed by atoms with Crippen LogP contribution < -0.4 is 10.6 Å². The lowest BCUT2D eigenvalue weighted by Crippen LogP contribution is -2.59. The second kappa shape index (κ2) is 12.7. The Morgan fingerprint density at radius 2 is 1.56 bits per heavy atom. The van der Waals surface area contributed by atoms with Crippen LogP contribution in [-0.2, 0) is 32.2 Å². The molecule has 1 saturated heterocycles. The maximum atomic E-state index is 12.4. The number of likely N-dealkylation sites (N-methyl/N-ethyl adjacent to an activating group) is 1. The number of rotatable bonds is 11. The lowest BCUT2D eigenvalue weighted by atomic mass is 9.82. The van der Waals surface area contributed by atoms with Crippen molar-refractivity contribution in [1.29, 1.82) is 0 Å². The lowest BCUT2D eigenvalue weighted by Gasteiger charge is -2.44. The van der Waals surface area contributed by atoms with Crippen LogP contribution >= 0.6 is 0 Å². The van der Waals surface area contributed by atoms with E-state index in [2.05, 4.69) is 36.6 Å². The van der Waals surface area contributed by atoms with E-state index in [4.69, 9.17) is 14.2 Å². The summed E-state index contributed by atoms with van der Waals surface area (Å²) in [7, 11) is 0. The largest absolute Gasteiger partial charge is 0.374 e. The van der Waals surface area contributed by atoms with E-state index in [1.54, 1.807) is 0 Å². The van der Waals surface area contributed by atoms with Gasteiger partial charge in [0, 0.05) is 0 Å². The molecule has 2 aromatic carbocycles. The van der Waals surface area contributed by atoms with E-state index < -0.39 is 6.29 Å². The Kier molecular flexibility index (Phi) is 9.68. The molecule has 1 heterocycles. The molecule has 6 nitrogen and oxygen atoms in total. The van der Waals surface area contributed by atoms with Crippen LogP contribution in [0, 0.1) is 11.8 Å². The first kappa shape index (κ1) is 24.4. The van der Waals surface area contributed by atoms with Crippen LogP contribution in [0.15, 0.2) is 60.7 Å². The molecule has 1 fully saturated rings. The number of benzene rings is 2. The van der Waals surface area contributed by atoms with Crippen molar-refractivity contribution in [1.82, 2.24) is 10.6 Å². The van der Waals surface area contributed by atoms with Crippen LogP contribution in [0.2, 0.25) is 0 Å². The third-order valence-corrected chi connectivity index (χ3v) is 6.10. The molecule has 0 saturated carbocycles. The summed E-state index contributed by atoms with van der Waals surface area (Å²) in [5, 5.41) is 6.21. The molecule has 6 heteroatoms. The summed E-state index contributed by atoms with van der Waals surface area (Å²) in [6.45, 7) is 8.74. The molecule has 1 amide bonds. The Bertz CT molecular complexity index is 802. The number of hydrogen-bond donors (Lipinski definition) is 2. The Balaban J connectivity index is 1.64. The van der Waals surface area contributed by atoms with Gasteiger partial charge in [0.15, 0.2) is 6.29 Å². The van der Waals surface area contributed by atoms with Gasteiger partial charge in [0.1, 0.15) is 0 Å². The summed E-state index contributed by atoms with van der Waals surface area (Å²) in [6, 6.07) is 19.9. The molecule has 2 aromatic rings. The minimum absolute atomic E-state index is 0.0495. The van der Waals surface area contributed by atoms with E-state index in [9.17, 15) is 4.79 Å². The third-order valence-electron chi connectivity index (χ3n) is 6.10. The number of hydrogen-bond acceptors (Lipinski definition) is 5. The minimum Gasteiger partial charge on any atom is -0.374 e. The highest BCUT2D eigenvalue weighted by Crippen LogP contribution is 2.32. The fourth-order valence-corrected chi connectivity index (χ4v) is 3.92. The second-order valence-electron chi connectivity index (χ2n) is 8.43. The van der Waals surface area contributed by atoms with Crippen molar-refractivity contribution < 1.29 is 19.0 Å². The fourth-order valence-electron chi connectivity index (χ4n) is 3.92. The topological polar surface area (TPSA) is 68.8 Å². The van der Waals surface area contributed by atoms with Gasteiger partial charge in [0.05, 0.1) is 38.5 Å². The number of carbonyl (C=O) groups is 1. The fraction of sp³-hybridized carbons (Fsp3) is 0.500. The Morgan fingerprint density at radius 1 is 0.938 bits per heavy atom. The zero-order chi connectivity index (χ0) is 22.8. The van der Waals surface area contributed by atoms with E-state index in [-0.39, 0.29) is 36.4 Å². The van der Waals surface area contributed by atoms with E-state index in [1.807, 2.05) is 55.5 Å². The average molecular weight is 441 g/mol. The van der Waals surface area contributed by atoms with Crippen LogP contribution in [-0.4, -0.2) is 44.0 Å². The maximum Gasteiger partial charge on any atom is 0.234 e. The summed E-state index contributed by atoms with van der Waals surface area (Å²) in [5.41, 5.74) is 2.20. The summed E-state index contributed by atoms with van der Waals surface area (Å²) in [6.07, 6.45) is -0.659. The van der Waals surface area contributed by atoms with Crippen LogP contribution in [0.3, 0.4) is 0 Å². The van der Waals surface area contributed by atoms with Gasteiger partial charge < -0.3 is 24.8 Å². The zero-order valence-corrected chi connectivity index (χ0v) is 19.3. The lowest BCUT2D eigenvalue weighted by molar-refractivity contribution is -0.250. The molecule has 0 spiro atoms. The van der Waals surface area contributed by atoms with Crippen molar-refractivity contribution in [2.75, 3.05) is 19.7 Å². The van der Waals surface area contributed by atoms with E-state index in [0.717, 1.165) is 17.7 Å². The smallest absolute Gasteiger partial charge is 0.234 e. The molecule has 32 heavy (non-hydrogen) atoms. The normalized spacial score (nSPS) is 25.4. The molecule has 1 aliphatic heterocycles. The highest BCUT2D eigenvalue weighted by molar-refractivity contribution is 5.78. The van der Waals surface area contributed by atoms with Crippen molar-refractivity contribution in [3.63, 3.8) is 0 Å². The van der Waals surface area contributed by atoms with Gasteiger partial charge in [-0.05, 0) is 29.5 Å². The number of nitrogens with one attached hydrogen (secondary N) is 2. The quantitative estimate of drug-likeness (QED) is 0.560. The molecule has 0 aromatic heterocycles. The van der Waals surface area contributed by atoms with Gasteiger partial charge in [0.2, 0.25) is 5.91 Å². The number of amides is 1. The van der Waals surface area contributed by atoms with Gasteiger partial charge in [-0.25, -0.2) is 0 Å². The third kappa shape index (κ3) is 7.14. The van der Waals surface area contributed by atoms with Crippen molar-refractivity contribution in [3.05, 3.63) is 71.8 Å². The Hall–Kier alpha value is -2.25. The molecule has 2 N–H and O–H groups in total. The first-order valence-electron chi connectivity index (χ1n) is 11.5. The minimum atomic E-state index is -0.544. The second-order valence-corrected chi connectivity index (χ2v) is 8.43. The highest BCUT2D eigenvalue weighted by Gasteiger charge is 2.42. The van der Waals surface area contributed by atoms with Gasteiger partial charge in [-0.1, -0.05) is 81.4 Å². The maximum absolute atomic E-state index is 12.4. The SMILES string of the molecule is CCNCC(=O)NC1[C@H](OCc2ccccc2)OC(COCc2ccccc2)[C@@H](C)[C@@H]1C. The van der Waals surface area contributed by atoms with Gasteiger partial charge in [-0.3, -0.25) is 4.79 Å². The first-order chi connectivity index (χ1) is 15.6. The molecule has 5 atom stereocenters. The Labute approximate surface area is 191 Å². The molecule has 3 rings (SSSR count). The molecule has 1 aliphatic rings. The molecule has 0 bridgehead atoms. The summed E-state index contributed by atoms with van der Waals surface area (Å²) < 4.78 is 18.5. The van der Waals surface area contributed by atoms with Crippen LogP contribution in [0.25, 0.3) is 0 Å². The number of carbonyl (C=O) groups excluding carboxylic acids is 1. The standard InChI is InChI=1S/C26H36N2O4/c1-4-27-15-24(29)28-25-20(3)19(2)23(18-30-16-21-11-7-5-8-12-21)32-26(25)31-17-22-13-9-6-10-14-22/h5-14,19-20,23,25-27H,4,15-18H2,1-3H3,(H,28,29)/t19-,20-,23?,25?,26+/m0/s1. The molecule has 2 unspecified atom stereocenters. The van der Waals surface area contributed by atoms with Gasteiger partial charge >= 0.3 is 0 Å². The average Bonchev–Trinajstić information content (AvgIpc) is 2.82. The van der Waals surface area contributed by atoms with E-state index >= 15 is 0 Å². The van der Waals surface area contributed by atoms with Crippen molar-refractivity contribution in [2.24, 2.45) is 11.8 Å². The zero-order valence-electron chi connectivity index (χ0n) is 19.3. The van der Waals surface area contributed by atoms with Gasteiger partial charge in [0.25, 0.3) is 0 Å². The molecular formula is C26H36N2O4. The number of ether oxygens (including phenoxy) is 3. The molecular weight excluding hydrogens is 404 g/mol. The van der Waals surface area contributed by atoms with Gasteiger partial charge in [-0.15, -0.1) is 0 Å². The molecule has 0 aliphatic carbocycles. The first-order valence-corrected chi connectivity index (χ1v) is 11.5.